The minimum absolute atomic E-state index is 0.0830. The Morgan fingerprint density at radius 1 is 1.00 bits per heavy atom. The van der Waals surface area contributed by atoms with Crippen LogP contribution in [-0.4, -0.2) is 44.7 Å². The van der Waals surface area contributed by atoms with Gasteiger partial charge in [-0.25, -0.2) is 0 Å². The highest BCUT2D eigenvalue weighted by Crippen LogP contribution is 1.92. The van der Waals surface area contributed by atoms with Crippen LogP contribution in [0.2, 0.25) is 0 Å². The van der Waals surface area contributed by atoms with Crippen LogP contribution in [0.1, 0.15) is 25.7 Å². The molecule has 1 amide bonds. The summed E-state index contributed by atoms with van der Waals surface area (Å²) in [5.41, 5.74) is 16.4. The quantitative estimate of drug-likeness (QED) is 0.284. The normalized spacial score (nSPS) is 12.4. The van der Waals surface area contributed by atoms with E-state index in [1.807, 2.05) is 0 Å². The van der Waals surface area contributed by atoms with Crippen LogP contribution in [0.15, 0.2) is 0 Å². The van der Waals surface area contributed by atoms with Gasteiger partial charge in [0.15, 0.2) is 0 Å². The zero-order valence-corrected chi connectivity index (χ0v) is 10.6. The molecule has 0 spiro atoms. The molecule has 1 atom stereocenters. The van der Waals surface area contributed by atoms with Gasteiger partial charge in [0.2, 0.25) is 5.91 Å². The first-order valence-electron chi connectivity index (χ1n) is 6.36. The Labute approximate surface area is 104 Å². The first-order chi connectivity index (χ1) is 8.22. The average molecular weight is 245 g/mol. The van der Waals surface area contributed by atoms with E-state index in [9.17, 15) is 4.79 Å². The van der Waals surface area contributed by atoms with Gasteiger partial charge in [-0.2, -0.15) is 0 Å². The number of carbonyl (C=O) groups is 1. The fraction of sp³-hybridized carbons (Fsp3) is 0.909. The van der Waals surface area contributed by atoms with Gasteiger partial charge < -0.3 is 27.8 Å². The van der Waals surface area contributed by atoms with Gasteiger partial charge in [0.1, 0.15) is 0 Å². The SMILES string of the molecule is NCCCNCCCNC(=O)[C@@H](N)CCCN. The third kappa shape index (κ3) is 10.2. The minimum atomic E-state index is -0.427. The van der Waals surface area contributed by atoms with E-state index in [2.05, 4.69) is 10.6 Å². The Morgan fingerprint density at radius 2 is 1.65 bits per heavy atom. The molecule has 0 aliphatic rings. The standard InChI is InChI=1S/C11H27N5O/c12-5-1-4-10(14)11(17)16-9-3-8-15-7-2-6-13/h10,15H,1-9,12-14H2,(H,16,17)/t10-/m0/s1. The number of carbonyl (C=O) groups excluding carboxylic acids is 1. The highest BCUT2D eigenvalue weighted by atomic mass is 16.2. The van der Waals surface area contributed by atoms with Crippen molar-refractivity contribution >= 4 is 5.91 Å². The lowest BCUT2D eigenvalue weighted by molar-refractivity contribution is -0.122. The second-order valence-electron chi connectivity index (χ2n) is 4.07. The minimum Gasteiger partial charge on any atom is -0.355 e. The van der Waals surface area contributed by atoms with Crippen LogP contribution in [0, 0.1) is 0 Å². The van der Waals surface area contributed by atoms with Gasteiger partial charge in [-0.3, -0.25) is 4.79 Å². The molecular weight excluding hydrogens is 218 g/mol. The van der Waals surface area contributed by atoms with Gasteiger partial charge >= 0.3 is 0 Å². The van der Waals surface area contributed by atoms with Crippen LogP contribution >= 0.6 is 0 Å². The molecular formula is C11H27N5O. The van der Waals surface area contributed by atoms with Crippen LogP contribution in [-0.2, 0) is 4.79 Å². The van der Waals surface area contributed by atoms with E-state index in [4.69, 9.17) is 17.2 Å². The van der Waals surface area contributed by atoms with Crippen molar-refractivity contribution < 1.29 is 4.79 Å². The van der Waals surface area contributed by atoms with Crippen LogP contribution < -0.4 is 27.8 Å². The van der Waals surface area contributed by atoms with Crippen LogP contribution in [0.4, 0.5) is 0 Å². The summed E-state index contributed by atoms with van der Waals surface area (Å²) in [7, 11) is 0. The summed E-state index contributed by atoms with van der Waals surface area (Å²) in [6.45, 7) is 3.76. The first kappa shape index (κ1) is 16.3. The molecule has 102 valence electrons. The third-order valence-electron chi connectivity index (χ3n) is 2.44. The van der Waals surface area contributed by atoms with Crippen molar-refractivity contribution in [1.29, 1.82) is 0 Å². The molecule has 6 heteroatoms. The number of amides is 1. The van der Waals surface area contributed by atoms with Gasteiger partial charge in [-0.05, 0) is 51.9 Å². The molecule has 6 nitrogen and oxygen atoms in total. The topological polar surface area (TPSA) is 119 Å². The molecule has 0 rings (SSSR count). The lowest BCUT2D eigenvalue weighted by Crippen LogP contribution is -2.41. The second kappa shape index (κ2) is 11.8. The molecule has 0 aromatic carbocycles. The summed E-state index contributed by atoms with van der Waals surface area (Å²) in [4.78, 5) is 11.5. The lowest BCUT2D eigenvalue weighted by atomic mass is 10.1. The predicted octanol–water partition coefficient (Wildman–Crippen LogP) is -1.50. The number of hydrogen-bond donors (Lipinski definition) is 5. The van der Waals surface area contributed by atoms with Crippen molar-refractivity contribution in [3.05, 3.63) is 0 Å². The number of rotatable bonds is 11. The molecule has 0 saturated heterocycles. The maximum atomic E-state index is 11.5. The zero-order chi connectivity index (χ0) is 12.9. The van der Waals surface area contributed by atoms with Gasteiger partial charge in [0.05, 0.1) is 6.04 Å². The Bertz CT molecular complexity index is 189. The molecule has 0 unspecified atom stereocenters. The zero-order valence-electron chi connectivity index (χ0n) is 10.6. The number of nitrogens with two attached hydrogens (primary N) is 3. The second-order valence-corrected chi connectivity index (χ2v) is 4.07. The molecule has 8 N–H and O–H groups in total. The Kier molecular flexibility index (Phi) is 11.3. The van der Waals surface area contributed by atoms with Crippen molar-refractivity contribution in [3.63, 3.8) is 0 Å². The van der Waals surface area contributed by atoms with E-state index in [-0.39, 0.29) is 5.91 Å². The van der Waals surface area contributed by atoms with Crippen molar-refractivity contribution in [1.82, 2.24) is 10.6 Å². The Balaban J connectivity index is 3.32. The van der Waals surface area contributed by atoms with Crippen molar-refractivity contribution in [2.75, 3.05) is 32.7 Å². The maximum Gasteiger partial charge on any atom is 0.236 e. The summed E-state index contributed by atoms with van der Waals surface area (Å²) in [6, 6.07) is -0.427. The summed E-state index contributed by atoms with van der Waals surface area (Å²) < 4.78 is 0. The van der Waals surface area contributed by atoms with Crippen molar-refractivity contribution in [2.24, 2.45) is 17.2 Å². The largest absolute Gasteiger partial charge is 0.355 e. The molecule has 0 aliphatic heterocycles. The summed E-state index contributed by atoms with van der Waals surface area (Å²) in [6.07, 6.45) is 3.32. The van der Waals surface area contributed by atoms with Gasteiger partial charge in [0, 0.05) is 6.54 Å². The fourth-order valence-corrected chi connectivity index (χ4v) is 1.38. The van der Waals surface area contributed by atoms with E-state index >= 15 is 0 Å². The number of nitrogens with one attached hydrogen (secondary N) is 2. The fourth-order valence-electron chi connectivity index (χ4n) is 1.38. The van der Waals surface area contributed by atoms with Gasteiger partial charge in [-0.15, -0.1) is 0 Å². The van der Waals surface area contributed by atoms with Crippen molar-refractivity contribution in [3.8, 4) is 0 Å². The smallest absolute Gasteiger partial charge is 0.236 e. The third-order valence-corrected chi connectivity index (χ3v) is 2.44. The van der Waals surface area contributed by atoms with Crippen LogP contribution in [0.25, 0.3) is 0 Å². The molecule has 0 heterocycles. The average Bonchev–Trinajstić information content (AvgIpc) is 2.34. The first-order valence-corrected chi connectivity index (χ1v) is 6.36. The Morgan fingerprint density at radius 3 is 2.29 bits per heavy atom. The van der Waals surface area contributed by atoms with Crippen LogP contribution in [0.3, 0.4) is 0 Å². The molecule has 0 aromatic rings. The molecule has 0 aromatic heterocycles. The molecule has 17 heavy (non-hydrogen) atoms. The lowest BCUT2D eigenvalue weighted by Gasteiger charge is -2.11. The van der Waals surface area contributed by atoms with Crippen molar-refractivity contribution in [2.45, 2.75) is 31.7 Å². The summed E-state index contributed by atoms with van der Waals surface area (Å²) >= 11 is 0. The predicted molar refractivity (Wildman–Crippen MR) is 70.4 cm³/mol. The monoisotopic (exact) mass is 245 g/mol. The van der Waals surface area contributed by atoms with Gasteiger partial charge in [-0.1, -0.05) is 0 Å². The maximum absolute atomic E-state index is 11.5. The Hall–Kier alpha value is -0.690. The molecule has 0 bridgehead atoms. The highest BCUT2D eigenvalue weighted by molar-refractivity contribution is 5.81. The summed E-state index contributed by atoms with van der Waals surface area (Å²) in [5, 5.41) is 6.06. The van der Waals surface area contributed by atoms with Gasteiger partial charge in [0.25, 0.3) is 0 Å². The van der Waals surface area contributed by atoms with Crippen LogP contribution in [0.5, 0.6) is 0 Å². The number of hydrogen-bond acceptors (Lipinski definition) is 5. The van der Waals surface area contributed by atoms with E-state index in [0.29, 0.717) is 26.1 Å². The van der Waals surface area contributed by atoms with E-state index in [1.165, 1.54) is 0 Å². The highest BCUT2D eigenvalue weighted by Gasteiger charge is 2.11. The molecule has 0 saturated carbocycles. The molecule has 0 aliphatic carbocycles. The molecule has 0 radical (unpaired) electrons. The summed E-state index contributed by atoms with van der Waals surface area (Å²) in [5.74, 6) is -0.0830. The van der Waals surface area contributed by atoms with E-state index in [0.717, 1.165) is 32.4 Å². The van der Waals surface area contributed by atoms with E-state index < -0.39 is 6.04 Å². The van der Waals surface area contributed by atoms with E-state index in [1.54, 1.807) is 0 Å². The molecule has 0 fully saturated rings.